The zero-order valence-corrected chi connectivity index (χ0v) is 9.77. The van der Waals surface area contributed by atoms with Crippen molar-refractivity contribution in [3.8, 4) is 11.8 Å². The average Bonchev–Trinajstić information content (AvgIpc) is 2.41. The van der Waals surface area contributed by atoms with Gasteiger partial charge in [-0.1, -0.05) is 62.1 Å². The summed E-state index contributed by atoms with van der Waals surface area (Å²) >= 11 is 0. The van der Waals surface area contributed by atoms with Crippen molar-refractivity contribution in [3.63, 3.8) is 0 Å². The van der Waals surface area contributed by atoms with E-state index < -0.39 is 0 Å². The third kappa shape index (κ3) is 4.02. The molecule has 0 aliphatic rings. The Kier molecular flexibility index (Phi) is 5.52. The van der Waals surface area contributed by atoms with Crippen molar-refractivity contribution in [2.45, 2.75) is 13.8 Å². The fraction of sp³-hybridized carbons (Fsp3) is 0.125. The van der Waals surface area contributed by atoms with Crippen LogP contribution < -0.4 is 0 Å². The highest BCUT2D eigenvalue weighted by Gasteiger charge is 1.83. The van der Waals surface area contributed by atoms with Crippen LogP contribution >= 0.6 is 0 Å². The summed E-state index contributed by atoms with van der Waals surface area (Å²) in [6, 6.07) is 20.0. The van der Waals surface area contributed by atoms with Crippen molar-refractivity contribution >= 4 is 0 Å². The molecule has 0 heterocycles. The third-order valence-corrected chi connectivity index (χ3v) is 1.90. The first-order valence-corrected chi connectivity index (χ1v) is 5.57. The van der Waals surface area contributed by atoms with Gasteiger partial charge >= 0.3 is 0 Å². The van der Waals surface area contributed by atoms with Gasteiger partial charge in [-0.05, 0) is 24.3 Å². The molecule has 80 valence electrons. The topological polar surface area (TPSA) is 0 Å². The van der Waals surface area contributed by atoms with E-state index in [1.54, 1.807) is 0 Å². The van der Waals surface area contributed by atoms with Crippen LogP contribution in [0.4, 0.5) is 0 Å². The second-order valence-electron chi connectivity index (χ2n) is 2.98. The maximum atomic E-state index is 3.11. The van der Waals surface area contributed by atoms with Crippen molar-refractivity contribution < 1.29 is 0 Å². The van der Waals surface area contributed by atoms with E-state index >= 15 is 0 Å². The fourth-order valence-electron chi connectivity index (χ4n) is 1.19. The first-order valence-electron chi connectivity index (χ1n) is 5.57. The van der Waals surface area contributed by atoms with E-state index in [0.29, 0.717) is 0 Å². The minimum atomic E-state index is 1.05. The highest BCUT2D eigenvalue weighted by Crippen LogP contribution is 1.98. The minimum absolute atomic E-state index is 1.05. The van der Waals surface area contributed by atoms with E-state index in [1.165, 1.54) is 0 Å². The van der Waals surface area contributed by atoms with Crippen LogP contribution in [0.15, 0.2) is 60.7 Å². The molecular formula is C16H16. The Morgan fingerprint density at radius 2 is 0.875 bits per heavy atom. The zero-order chi connectivity index (χ0) is 11.6. The second-order valence-corrected chi connectivity index (χ2v) is 2.98. The Morgan fingerprint density at radius 3 is 1.19 bits per heavy atom. The molecule has 0 fully saturated rings. The van der Waals surface area contributed by atoms with Crippen LogP contribution in [-0.4, -0.2) is 0 Å². The Balaban J connectivity index is 0.000000606. The number of hydrogen-bond acceptors (Lipinski definition) is 0. The third-order valence-electron chi connectivity index (χ3n) is 1.90. The predicted molar refractivity (Wildman–Crippen MR) is 70.2 cm³/mol. The molecule has 2 rings (SSSR count). The summed E-state index contributed by atoms with van der Waals surface area (Å²) in [6.07, 6.45) is 0. The summed E-state index contributed by atoms with van der Waals surface area (Å²) < 4.78 is 0. The fourth-order valence-corrected chi connectivity index (χ4v) is 1.19. The molecule has 0 spiro atoms. The Hall–Kier alpha value is -2.00. The van der Waals surface area contributed by atoms with Crippen LogP contribution in [0.3, 0.4) is 0 Å². The molecule has 0 saturated heterocycles. The summed E-state index contributed by atoms with van der Waals surface area (Å²) in [5.74, 6) is 6.22. The molecule has 0 aliphatic carbocycles. The van der Waals surface area contributed by atoms with E-state index in [1.807, 2.05) is 74.5 Å². The van der Waals surface area contributed by atoms with E-state index in [4.69, 9.17) is 0 Å². The molecule has 0 saturated carbocycles. The monoisotopic (exact) mass is 208 g/mol. The number of hydrogen-bond donors (Lipinski definition) is 0. The Bertz CT molecular complexity index is 400. The van der Waals surface area contributed by atoms with Gasteiger partial charge in [-0.3, -0.25) is 0 Å². The van der Waals surface area contributed by atoms with Crippen molar-refractivity contribution in [2.75, 3.05) is 0 Å². The molecule has 0 N–H and O–H groups in total. The lowest BCUT2D eigenvalue weighted by atomic mass is 10.2. The SMILES string of the molecule is C(#Cc1ccccc1)c1ccccc1.CC. The Labute approximate surface area is 98.0 Å². The summed E-state index contributed by atoms with van der Waals surface area (Å²) in [7, 11) is 0. The van der Waals surface area contributed by atoms with Gasteiger partial charge in [0.05, 0.1) is 0 Å². The molecule has 0 radical (unpaired) electrons. The summed E-state index contributed by atoms with van der Waals surface area (Å²) in [5, 5.41) is 0. The van der Waals surface area contributed by atoms with Gasteiger partial charge in [-0.25, -0.2) is 0 Å². The largest absolute Gasteiger partial charge is 0.0683 e. The lowest BCUT2D eigenvalue weighted by Gasteiger charge is -1.88. The molecule has 0 atom stereocenters. The lowest BCUT2D eigenvalue weighted by Crippen LogP contribution is -1.73. The van der Waals surface area contributed by atoms with Crippen molar-refractivity contribution in [2.24, 2.45) is 0 Å². The molecule has 0 aromatic heterocycles. The first kappa shape index (κ1) is 12.1. The van der Waals surface area contributed by atoms with Gasteiger partial charge in [0.2, 0.25) is 0 Å². The van der Waals surface area contributed by atoms with Gasteiger partial charge in [0.25, 0.3) is 0 Å². The van der Waals surface area contributed by atoms with Crippen molar-refractivity contribution in [1.29, 1.82) is 0 Å². The van der Waals surface area contributed by atoms with Gasteiger partial charge in [-0.2, -0.15) is 0 Å². The quantitative estimate of drug-likeness (QED) is 0.571. The molecule has 2 aromatic rings. The standard InChI is InChI=1S/C14H10.C2H6/c1-3-7-13(8-4-1)11-12-14-9-5-2-6-10-14;1-2/h1-10H;1-2H3. The molecule has 0 heteroatoms. The van der Waals surface area contributed by atoms with Crippen LogP contribution in [0.5, 0.6) is 0 Å². The molecule has 2 aromatic carbocycles. The molecule has 0 unspecified atom stereocenters. The molecular weight excluding hydrogens is 192 g/mol. The van der Waals surface area contributed by atoms with E-state index in [-0.39, 0.29) is 0 Å². The zero-order valence-electron chi connectivity index (χ0n) is 9.77. The van der Waals surface area contributed by atoms with Gasteiger partial charge < -0.3 is 0 Å². The van der Waals surface area contributed by atoms with Crippen LogP contribution in [0.2, 0.25) is 0 Å². The smallest absolute Gasteiger partial charge is 0.0249 e. The van der Waals surface area contributed by atoms with Crippen LogP contribution in [-0.2, 0) is 0 Å². The maximum absolute atomic E-state index is 3.11. The normalized spacial score (nSPS) is 8.12. The summed E-state index contributed by atoms with van der Waals surface area (Å²) in [4.78, 5) is 0. The van der Waals surface area contributed by atoms with Crippen LogP contribution in [0, 0.1) is 11.8 Å². The van der Waals surface area contributed by atoms with Crippen LogP contribution in [0.1, 0.15) is 25.0 Å². The Morgan fingerprint density at radius 1 is 0.562 bits per heavy atom. The lowest BCUT2D eigenvalue weighted by molar-refractivity contribution is 1.50. The number of rotatable bonds is 0. The van der Waals surface area contributed by atoms with Gasteiger partial charge in [0.1, 0.15) is 0 Å². The number of benzene rings is 2. The van der Waals surface area contributed by atoms with E-state index in [0.717, 1.165) is 11.1 Å². The maximum Gasteiger partial charge on any atom is 0.0249 e. The first-order chi connectivity index (χ1) is 7.95. The van der Waals surface area contributed by atoms with Crippen molar-refractivity contribution in [1.82, 2.24) is 0 Å². The van der Waals surface area contributed by atoms with Gasteiger partial charge in [0, 0.05) is 11.1 Å². The van der Waals surface area contributed by atoms with E-state index in [9.17, 15) is 0 Å². The average molecular weight is 208 g/mol. The molecule has 16 heavy (non-hydrogen) atoms. The summed E-state index contributed by atoms with van der Waals surface area (Å²) in [6.45, 7) is 4.00. The molecule has 0 nitrogen and oxygen atoms in total. The van der Waals surface area contributed by atoms with Crippen LogP contribution in [0.25, 0.3) is 0 Å². The van der Waals surface area contributed by atoms with Gasteiger partial charge in [0.15, 0.2) is 0 Å². The van der Waals surface area contributed by atoms with Crippen molar-refractivity contribution in [3.05, 3.63) is 71.8 Å². The molecule has 0 amide bonds. The molecule has 0 bridgehead atoms. The molecule has 0 aliphatic heterocycles. The van der Waals surface area contributed by atoms with Gasteiger partial charge in [-0.15, -0.1) is 0 Å². The summed E-state index contributed by atoms with van der Waals surface area (Å²) in [5.41, 5.74) is 2.10. The highest BCUT2D eigenvalue weighted by molar-refractivity contribution is 5.42. The van der Waals surface area contributed by atoms with E-state index in [2.05, 4.69) is 11.8 Å². The minimum Gasteiger partial charge on any atom is -0.0683 e. The predicted octanol–water partition coefficient (Wildman–Crippen LogP) is 4.11. The second kappa shape index (κ2) is 7.31. The highest BCUT2D eigenvalue weighted by atomic mass is 13.9.